The number of methoxy groups -OCH3 is 3. The number of carbonyl (C=O) groups excluding carboxylic acids is 2. The molecule has 0 atom stereocenters. The number of carbonyl (C=O) groups is 2. The zero-order valence-electron chi connectivity index (χ0n) is 10.4. The average Bonchev–Trinajstić information content (AvgIpc) is 2.38. The van der Waals surface area contributed by atoms with Crippen LogP contribution in [0.25, 0.3) is 0 Å². The van der Waals surface area contributed by atoms with Crippen LogP contribution in [0.5, 0.6) is 0 Å². The van der Waals surface area contributed by atoms with Gasteiger partial charge in [0, 0.05) is 14.2 Å². The van der Waals surface area contributed by atoms with Crippen LogP contribution < -0.4 is 0 Å². The molecule has 17 heavy (non-hydrogen) atoms. The molecule has 0 saturated heterocycles. The normalized spacial score (nSPS) is 8.71. The van der Waals surface area contributed by atoms with Gasteiger partial charge in [0.2, 0.25) is 0 Å². The van der Waals surface area contributed by atoms with E-state index >= 15 is 0 Å². The van der Waals surface area contributed by atoms with Crippen molar-refractivity contribution in [3.63, 3.8) is 0 Å². The third kappa shape index (κ3) is 5.12. The van der Waals surface area contributed by atoms with Crippen LogP contribution in [0, 0.1) is 0 Å². The van der Waals surface area contributed by atoms with Crippen molar-refractivity contribution in [2.24, 2.45) is 0 Å². The van der Waals surface area contributed by atoms with Gasteiger partial charge >= 0.3 is 11.9 Å². The molecule has 0 amide bonds. The monoisotopic (exact) mass is 240 g/mol. The second-order valence-corrected chi connectivity index (χ2v) is 2.97. The van der Waals surface area contributed by atoms with Gasteiger partial charge in [-0.25, -0.2) is 9.59 Å². The third-order valence-electron chi connectivity index (χ3n) is 1.70. The van der Waals surface area contributed by atoms with Crippen LogP contribution in [0.3, 0.4) is 0 Å². The van der Waals surface area contributed by atoms with Crippen LogP contribution in [0.2, 0.25) is 0 Å². The summed E-state index contributed by atoms with van der Waals surface area (Å²) in [5.74, 6) is -0.952. The molecule has 0 bridgehead atoms. The number of benzene rings is 1. The molecule has 0 unspecified atom stereocenters. The van der Waals surface area contributed by atoms with Crippen molar-refractivity contribution in [1.29, 1.82) is 0 Å². The van der Waals surface area contributed by atoms with Gasteiger partial charge in [0.05, 0.1) is 25.3 Å². The summed E-state index contributed by atoms with van der Waals surface area (Å²) in [6.07, 6.45) is 0. The minimum absolute atomic E-state index is 0.329. The standard InChI is InChI=1S/C10H10O4.C2H6O/c1-13-9(11)7-4-3-5-8(6-7)10(12)14-2;1-3-2/h3-6H,1-2H3;1-2H3. The van der Waals surface area contributed by atoms with Crippen LogP contribution in [0.1, 0.15) is 20.7 Å². The van der Waals surface area contributed by atoms with Crippen LogP contribution in [-0.2, 0) is 14.2 Å². The number of rotatable bonds is 2. The summed E-state index contributed by atoms with van der Waals surface area (Å²) in [6, 6.07) is 6.16. The topological polar surface area (TPSA) is 61.8 Å². The molecule has 0 N–H and O–H groups in total. The molecule has 5 heteroatoms. The van der Waals surface area contributed by atoms with Gasteiger partial charge in [0.25, 0.3) is 0 Å². The first kappa shape index (κ1) is 15.1. The summed E-state index contributed by atoms with van der Waals surface area (Å²) in [4.78, 5) is 22.2. The van der Waals surface area contributed by atoms with Gasteiger partial charge in [-0.1, -0.05) is 6.07 Å². The van der Waals surface area contributed by atoms with Gasteiger partial charge in [-0.3, -0.25) is 0 Å². The van der Waals surface area contributed by atoms with E-state index in [1.807, 2.05) is 0 Å². The highest BCUT2D eigenvalue weighted by Gasteiger charge is 2.09. The summed E-state index contributed by atoms with van der Waals surface area (Å²) in [7, 11) is 5.82. The molecular formula is C12H16O5. The van der Waals surface area contributed by atoms with Crippen molar-refractivity contribution in [3.8, 4) is 0 Å². The summed E-state index contributed by atoms with van der Waals surface area (Å²) < 4.78 is 13.3. The Morgan fingerprint density at radius 1 is 0.882 bits per heavy atom. The van der Waals surface area contributed by atoms with E-state index in [1.54, 1.807) is 32.4 Å². The highest BCUT2D eigenvalue weighted by molar-refractivity contribution is 5.95. The molecule has 1 rings (SSSR count). The molecule has 0 aliphatic rings. The number of esters is 2. The molecule has 1 aromatic rings. The first-order chi connectivity index (χ1) is 8.10. The number of hydrogen-bond donors (Lipinski definition) is 0. The molecule has 0 aromatic heterocycles. The van der Waals surface area contributed by atoms with Gasteiger partial charge in [-0.2, -0.15) is 0 Å². The molecule has 0 radical (unpaired) electrons. The lowest BCUT2D eigenvalue weighted by Crippen LogP contribution is -2.05. The van der Waals surface area contributed by atoms with Crippen molar-refractivity contribution in [2.75, 3.05) is 28.4 Å². The molecule has 0 spiro atoms. The Balaban J connectivity index is 0.000000770. The summed E-state index contributed by atoms with van der Waals surface area (Å²) in [5, 5.41) is 0. The van der Waals surface area contributed by atoms with Gasteiger partial charge in [-0.15, -0.1) is 0 Å². The molecule has 0 heterocycles. The molecule has 94 valence electrons. The highest BCUT2D eigenvalue weighted by atomic mass is 16.5. The molecule has 0 aliphatic heterocycles. The summed E-state index contributed by atoms with van der Waals surface area (Å²) in [5.41, 5.74) is 0.658. The molecular weight excluding hydrogens is 224 g/mol. The zero-order chi connectivity index (χ0) is 13.3. The molecule has 1 aromatic carbocycles. The van der Waals surface area contributed by atoms with E-state index in [2.05, 4.69) is 14.2 Å². The van der Waals surface area contributed by atoms with E-state index < -0.39 is 11.9 Å². The smallest absolute Gasteiger partial charge is 0.337 e. The van der Waals surface area contributed by atoms with Gasteiger partial charge < -0.3 is 14.2 Å². The Bertz CT molecular complexity index is 342. The maximum atomic E-state index is 11.1. The first-order valence-corrected chi connectivity index (χ1v) is 4.77. The van der Waals surface area contributed by atoms with E-state index in [4.69, 9.17) is 0 Å². The predicted molar refractivity (Wildman–Crippen MR) is 62.1 cm³/mol. The fraction of sp³-hybridized carbons (Fsp3) is 0.333. The molecule has 5 nitrogen and oxygen atoms in total. The van der Waals surface area contributed by atoms with Crippen molar-refractivity contribution in [2.45, 2.75) is 0 Å². The minimum atomic E-state index is -0.476. The van der Waals surface area contributed by atoms with E-state index in [1.165, 1.54) is 20.3 Å². The third-order valence-corrected chi connectivity index (χ3v) is 1.70. The summed E-state index contributed by atoms with van der Waals surface area (Å²) >= 11 is 0. The zero-order valence-corrected chi connectivity index (χ0v) is 10.4. The first-order valence-electron chi connectivity index (χ1n) is 4.77. The van der Waals surface area contributed by atoms with Crippen molar-refractivity contribution in [1.82, 2.24) is 0 Å². The van der Waals surface area contributed by atoms with Crippen LogP contribution in [0.15, 0.2) is 24.3 Å². The Kier molecular flexibility index (Phi) is 7.38. The second-order valence-electron chi connectivity index (χ2n) is 2.97. The highest BCUT2D eigenvalue weighted by Crippen LogP contribution is 2.07. The van der Waals surface area contributed by atoms with E-state index in [0.29, 0.717) is 11.1 Å². The Hall–Kier alpha value is -1.88. The van der Waals surface area contributed by atoms with E-state index in [9.17, 15) is 9.59 Å². The SMILES string of the molecule is COC.COC(=O)c1cccc(C(=O)OC)c1. The van der Waals surface area contributed by atoms with E-state index in [-0.39, 0.29) is 0 Å². The van der Waals surface area contributed by atoms with Crippen LogP contribution >= 0.6 is 0 Å². The second kappa shape index (κ2) is 8.29. The van der Waals surface area contributed by atoms with Crippen molar-refractivity contribution < 1.29 is 23.8 Å². The lowest BCUT2D eigenvalue weighted by molar-refractivity contribution is 0.0599. The van der Waals surface area contributed by atoms with Crippen molar-refractivity contribution >= 4 is 11.9 Å². The molecule has 0 aliphatic carbocycles. The van der Waals surface area contributed by atoms with Crippen LogP contribution in [-0.4, -0.2) is 40.4 Å². The van der Waals surface area contributed by atoms with Gasteiger partial charge in [0.1, 0.15) is 0 Å². The van der Waals surface area contributed by atoms with Gasteiger partial charge in [-0.05, 0) is 18.2 Å². The summed E-state index contributed by atoms with van der Waals surface area (Å²) in [6.45, 7) is 0. The lowest BCUT2D eigenvalue weighted by Gasteiger charge is -2.01. The van der Waals surface area contributed by atoms with E-state index in [0.717, 1.165) is 0 Å². The quantitative estimate of drug-likeness (QED) is 0.733. The maximum absolute atomic E-state index is 11.1. The van der Waals surface area contributed by atoms with Gasteiger partial charge in [0.15, 0.2) is 0 Å². The molecule has 0 saturated carbocycles. The average molecular weight is 240 g/mol. The number of ether oxygens (including phenoxy) is 3. The minimum Gasteiger partial charge on any atom is -0.465 e. The Morgan fingerprint density at radius 3 is 1.53 bits per heavy atom. The lowest BCUT2D eigenvalue weighted by atomic mass is 10.1. The maximum Gasteiger partial charge on any atom is 0.337 e. The Labute approximate surface area is 100 Å². The van der Waals surface area contributed by atoms with Crippen molar-refractivity contribution in [3.05, 3.63) is 35.4 Å². The number of hydrogen-bond acceptors (Lipinski definition) is 5. The largest absolute Gasteiger partial charge is 0.465 e. The predicted octanol–water partition coefficient (Wildman–Crippen LogP) is 1.52. The molecule has 0 fully saturated rings. The van der Waals surface area contributed by atoms with Crippen LogP contribution in [0.4, 0.5) is 0 Å². The Morgan fingerprint density at radius 2 is 1.24 bits per heavy atom. The fourth-order valence-electron chi connectivity index (χ4n) is 1.01. The fourth-order valence-corrected chi connectivity index (χ4v) is 1.01.